The van der Waals surface area contributed by atoms with E-state index in [0.29, 0.717) is 6.54 Å². The van der Waals surface area contributed by atoms with E-state index in [9.17, 15) is 5.11 Å². The number of aliphatic hydroxyl groups is 1. The lowest BCUT2D eigenvalue weighted by atomic mass is 9.63. The summed E-state index contributed by atoms with van der Waals surface area (Å²) in [5, 5.41) is 10.1. The van der Waals surface area contributed by atoms with Gasteiger partial charge in [-0.3, -0.25) is 0 Å². The second kappa shape index (κ2) is 3.58. The lowest BCUT2D eigenvalue weighted by molar-refractivity contribution is -0.0767. The third-order valence-electron chi connectivity index (χ3n) is 3.92. The monoisotopic (exact) mass is 185 g/mol. The van der Waals surface area contributed by atoms with Gasteiger partial charge in [0.15, 0.2) is 0 Å². The van der Waals surface area contributed by atoms with Gasteiger partial charge in [0.05, 0.1) is 5.60 Å². The fraction of sp³-hybridized carbons (Fsp3) is 1.00. The zero-order chi connectivity index (χ0) is 10.1. The summed E-state index contributed by atoms with van der Waals surface area (Å²) in [6.45, 7) is 6.69. The molecule has 2 heteroatoms. The van der Waals surface area contributed by atoms with Crippen LogP contribution >= 0.6 is 0 Å². The Labute approximate surface area is 81.5 Å². The highest BCUT2D eigenvalue weighted by Crippen LogP contribution is 2.45. The molecular weight excluding hydrogens is 162 g/mol. The molecule has 2 nitrogen and oxygen atoms in total. The maximum Gasteiger partial charge on any atom is 0.0659 e. The van der Waals surface area contributed by atoms with Gasteiger partial charge in [-0.1, -0.05) is 19.8 Å². The zero-order valence-corrected chi connectivity index (χ0v) is 9.14. The Morgan fingerprint density at radius 1 is 1.38 bits per heavy atom. The first-order valence-electron chi connectivity index (χ1n) is 5.34. The van der Waals surface area contributed by atoms with Crippen molar-refractivity contribution in [2.24, 2.45) is 17.1 Å². The van der Waals surface area contributed by atoms with Gasteiger partial charge in [0.25, 0.3) is 0 Å². The average molecular weight is 185 g/mol. The van der Waals surface area contributed by atoms with Gasteiger partial charge >= 0.3 is 0 Å². The molecular formula is C11H23NO. The van der Waals surface area contributed by atoms with Crippen molar-refractivity contribution in [1.82, 2.24) is 0 Å². The normalized spacial score (nSPS) is 36.2. The second-order valence-corrected chi connectivity index (χ2v) is 5.23. The molecule has 1 aliphatic carbocycles. The maximum atomic E-state index is 10.1. The van der Waals surface area contributed by atoms with Crippen LogP contribution in [-0.2, 0) is 0 Å². The number of rotatable bonds is 2. The third kappa shape index (κ3) is 2.05. The van der Waals surface area contributed by atoms with Crippen molar-refractivity contribution in [3.05, 3.63) is 0 Å². The highest BCUT2D eigenvalue weighted by Gasteiger charge is 2.44. The fourth-order valence-corrected chi connectivity index (χ4v) is 2.38. The summed E-state index contributed by atoms with van der Waals surface area (Å²) in [7, 11) is 0. The van der Waals surface area contributed by atoms with Gasteiger partial charge < -0.3 is 10.8 Å². The molecule has 0 heterocycles. The van der Waals surface area contributed by atoms with Crippen molar-refractivity contribution in [2.45, 2.75) is 52.1 Å². The van der Waals surface area contributed by atoms with Gasteiger partial charge in [-0.15, -0.1) is 0 Å². The largest absolute Gasteiger partial charge is 0.390 e. The Hall–Kier alpha value is -0.0800. The van der Waals surface area contributed by atoms with Gasteiger partial charge in [0.1, 0.15) is 0 Å². The quantitative estimate of drug-likeness (QED) is 0.690. The van der Waals surface area contributed by atoms with Crippen LogP contribution in [0.2, 0.25) is 0 Å². The summed E-state index contributed by atoms with van der Waals surface area (Å²) in [6.07, 6.45) is 4.57. The van der Waals surface area contributed by atoms with E-state index in [-0.39, 0.29) is 5.41 Å². The Bertz CT molecular complexity index is 163. The van der Waals surface area contributed by atoms with Gasteiger partial charge in [-0.25, -0.2) is 0 Å². The highest BCUT2D eigenvalue weighted by atomic mass is 16.3. The van der Waals surface area contributed by atoms with Crippen molar-refractivity contribution in [3.63, 3.8) is 0 Å². The van der Waals surface area contributed by atoms with Crippen LogP contribution < -0.4 is 5.73 Å². The van der Waals surface area contributed by atoms with Crippen LogP contribution in [0, 0.1) is 11.3 Å². The van der Waals surface area contributed by atoms with Crippen LogP contribution in [0.4, 0.5) is 0 Å². The van der Waals surface area contributed by atoms with E-state index in [4.69, 9.17) is 5.73 Å². The summed E-state index contributed by atoms with van der Waals surface area (Å²) >= 11 is 0. The molecule has 1 rings (SSSR count). The van der Waals surface area contributed by atoms with E-state index >= 15 is 0 Å². The lowest BCUT2D eigenvalue weighted by Gasteiger charge is -2.47. The molecule has 13 heavy (non-hydrogen) atoms. The number of hydrogen-bond acceptors (Lipinski definition) is 2. The zero-order valence-electron chi connectivity index (χ0n) is 9.14. The number of hydrogen-bond donors (Lipinski definition) is 2. The molecule has 0 aromatic carbocycles. The summed E-state index contributed by atoms with van der Waals surface area (Å²) in [5.74, 6) is 0.807. The summed E-state index contributed by atoms with van der Waals surface area (Å²) in [6, 6.07) is 0. The molecule has 0 bridgehead atoms. The van der Waals surface area contributed by atoms with Crippen LogP contribution in [0.1, 0.15) is 46.5 Å². The van der Waals surface area contributed by atoms with Crippen molar-refractivity contribution in [3.8, 4) is 0 Å². The van der Waals surface area contributed by atoms with Crippen molar-refractivity contribution < 1.29 is 5.11 Å². The van der Waals surface area contributed by atoms with E-state index in [2.05, 4.69) is 6.92 Å². The topological polar surface area (TPSA) is 46.2 Å². The molecule has 0 spiro atoms. The lowest BCUT2D eigenvalue weighted by Crippen LogP contribution is -2.50. The van der Waals surface area contributed by atoms with Crippen LogP contribution in [0.25, 0.3) is 0 Å². The van der Waals surface area contributed by atoms with Crippen LogP contribution in [0.3, 0.4) is 0 Å². The molecule has 1 saturated carbocycles. The molecule has 78 valence electrons. The molecule has 0 radical (unpaired) electrons. The predicted molar refractivity (Wildman–Crippen MR) is 55.4 cm³/mol. The molecule has 1 aliphatic rings. The minimum atomic E-state index is -0.623. The standard InChI is InChI=1S/C11H23NO/c1-9-4-6-11(8-12,7-5-9)10(2,3)13/h9,13H,4-8,12H2,1-3H3. The van der Waals surface area contributed by atoms with Crippen molar-refractivity contribution in [1.29, 1.82) is 0 Å². The molecule has 3 N–H and O–H groups in total. The first-order chi connectivity index (χ1) is 5.91. The van der Waals surface area contributed by atoms with Gasteiger partial charge in [-0.05, 0) is 32.6 Å². The van der Waals surface area contributed by atoms with Crippen molar-refractivity contribution >= 4 is 0 Å². The third-order valence-corrected chi connectivity index (χ3v) is 3.92. The first kappa shape index (κ1) is 11.0. The average Bonchev–Trinajstić information content (AvgIpc) is 2.04. The predicted octanol–water partition coefficient (Wildman–Crippen LogP) is 1.91. The molecule has 0 aromatic rings. The minimum Gasteiger partial charge on any atom is -0.390 e. The highest BCUT2D eigenvalue weighted by molar-refractivity contribution is 4.96. The summed E-state index contributed by atoms with van der Waals surface area (Å²) in [4.78, 5) is 0. The number of nitrogens with two attached hydrogens (primary N) is 1. The molecule has 0 aromatic heterocycles. The van der Waals surface area contributed by atoms with Crippen LogP contribution in [0.5, 0.6) is 0 Å². The fourth-order valence-electron chi connectivity index (χ4n) is 2.38. The van der Waals surface area contributed by atoms with E-state index in [1.165, 1.54) is 12.8 Å². The van der Waals surface area contributed by atoms with E-state index in [0.717, 1.165) is 18.8 Å². The second-order valence-electron chi connectivity index (χ2n) is 5.23. The van der Waals surface area contributed by atoms with E-state index in [1.807, 2.05) is 13.8 Å². The Morgan fingerprint density at radius 3 is 2.15 bits per heavy atom. The van der Waals surface area contributed by atoms with Crippen LogP contribution in [-0.4, -0.2) is 17.3 Å². The smallest absolute Gasteiger partial charge is 0.0659 e. The summed E-state index contributed by atoms with van der Waals surface area (Å²) in [5.41, 5.74) is 5.16. The Balaban J connectivity index is 2.72. The van der Waals surface area contributed by atoms with Gasteiger partial charge in [0.2, 0.25) is 0 Å². The van der Waals surface area contributed by atoms with Crippen LogP contribution in [0.15, 0.2) is 0 Å². The van der Waals surface area contributed by atoms with Gasteiger partial charge in [-0.2, -0.15) is 0 Å². The molecule has 0 amide bonds. The molecule has 0 unspecified atom stereocenters. The van der Waals surface area contributed by atoms with Crippen molar-refractivity contribution in [2.75, 3.05) is 6.54 Å². The molecule has 1 fully saturated rings. The van der Waals surface area contributed by atoms with Gasteiger partial charge in [0, 0.05) is 12.0 Å². The van der Waals surface area contributed by atoms with E-state index < -0.39 is 5.60 Å². The Kier molecular flexibility index (Phi) is 3.03. The van der Waals surface area contributed by atoms with E-state index in [1.54, 1.807) is 0 Å². The Morgan fingerprint density at radius 2 is 1.85 bits per heavy atom. The minimum absolute atomic E-state index is 0.0283. The maximum absolute atomic E-state index is 10.1. The SMILES string of the molecule is CC1CCC(CN)(C(C)(C)O)CC1. The molecule has 0 saturated heterocycles. The molecule has 0 atom stereocenters. The summed E-state index contributed by atoms with van der Waals surface area (Å²) < 4.78 is 0. The first-order valence-corrected chi connectivity index (χ1v) is 5.34. The molecule has 0 aliphatic heterocycles.